The highest BCUT2D eigenvalue weighted by Gasteiger charge is 2.06. The molecule has 1 aromatic carbocycles. The lowest BCUT2D eigenvalue weighted by Gasteiger charge is -2.09. The molecule has 0 fully saturated rings. The van der Waals surface area contributed by atoms with Crippen LogP contribution in [0.4, 0.5) is 0 Å². The van der Waals surface area contributed by atoms with Gasteiger partial charge in [-0.2, -0.15) is 10.1 Å². The Kier molecular flexibility index (Phi) is 4.93. The number of nitrogens with two attached hydrogens (primary N) is 1. The summed E-state index contributed by atoms with van der Waals surface area (Å²) in [6, 6.07) is 6.00. The van der Waals surface area contributed by atoms with E-state index in [1.807, 2.05) is 31.6 Å². The molecule has 0 spiro atoms. The lowest BCUT2D eigenvalue weighted by Crippen LogP contribution is -2.22. The number of aryl methyl sites for hydroxylation is 2. The number of hydrogen-bond acceptors (Lipinski definition) is 3. The second-order valence-corrected chi connectivity index (χ2v) is 5.03. The molecule has 1 heterocycles. The van der Waals surface area contributed by atoms with Crippen LogP contribution >= 0.6 is 0 Å². The van der Waals surface area contributed by atoms with Gasteiger partial charge in [-0.3, -0.25) is 9.48 Å². The standard InChI is InChI=1S/C16H20N4O2/c1-4-12-5-13(14-8-18-20(3)9-14)7-15(6-12)22-10-16(17)19-11(2)21/h5-9H,4,10H2,1-3H3,(H2,17,19,21). The van der Waals surface area contributed by atoms with E-state index in [9.17, 15) is 4.79 Å². The molecule has 0 unspecified atom stereocenters. The quantitative estimate of drug-likeness (QED) is 0.675. The van der Waals surface area contributed by atoms with E-state index in [1.54, 1.807) is 4.68 Å². The van der Waals surface area contributed by atoms with Gasteiger partial charge >= 0.3 is 0 Å². The lowest BCUT2D eigenvalue weighted by atomic mass is 10.0. The maximum atomic E-state index is 10.9. The monoisotopic (exact) mass is 300 g/mol. The van der Waals surface area contributed by atoms with E-state index in [2.05, 4.69) is 23.1 Å². The van der Waals surface area contributed by atoms with Crippen molar-refractivity contribution < 1.29 is 9.53 Å². The summed E-state index contributed by atoms with van der Waals surface area (Å²) in [6.45, 7) is 3.52. The predicted molar refractivity (Wildman–Crippen MR) is 85.8 cm³/mol. The molecule has 0 saturated carbocycles. The molecular weight excluding hydrogens is 280 g/mol. The molecular formula is C16H20N4O2. The lowest BCUT2D eigenvalue weighted by molar-refractivity contribution is -0.115. The van der Waals surface area contributed by atoms with E-state index in [4.69, 9.17) is 10.5 Å². The maximum absolute atomic E-state index is 10.9. The highest BCUT2D eigenvalue weighted by atomic mass is 16.5. The fourth-order valence-electron chi connectivity index (χ4n) is 2.08. The largest absolute Gasteiger partial charge is 0.486 e. The summed E-state index contributed by atoms with van der Waals surface area (Å²) in [5, 5.41) is 4.18. The van der Waals surface area contributed by atoms with Crippen molar-refractivity contribution in [1.82, 2.24) is 9.78 Å². The number of carbonyl (C=O) groups excluding carboxylic acids is 1. The summed E-state index contributed by atoms with van der Waals surface area (Å²) in [7, 11) is 1.88. The molecule has 0 saturated heterocycles. The molecule has 1 amide bonds. The first-order valence-electron chi connectivity index (χ1n) is 7.07. The molecule has 1 aromatic heterocycles. The Bertz CT molecular complexity index is 704. The van der Waals surface area contributed by atoms with Gasteiger partial charge < -0.3 is 10.5 Å². The van der Waals surface area contributed by atoms with Crippen LogP contribution in [0, 0.1) is 0 Å². The second kappa shape index (κ2) is 6.89. The molecule has 0 aliphatic heterocycles. The van der Waals surface area contributed by atoms with Gasteiger partial charge in [0.2, 0.25) is 5.91 Å². The van der Waals surface area contributed by atoms with Crippen molar-refractivity contribution in [2.45, 2.75) is 20.3 Å². The van der Waals surface area contributed by atoms with Gasteiger partial charge in [-0.05, 0) is 29.7 Å². The maximum Gasteiger partial charge on any atom is 0.244 e. The molecule has 0 aliphatic rings. The summed E-state index contributed by atoms with van der Waals surface area (Å²) < 4.78 is 7.40. The Morgan fingerprint density at radius 2 is 2.14 bits per heavy atom. The topological polar surface area (TPSA) is 82.5 Å². The molecule has 2 aromatic rings. The molecule has 6 heteroatoms. The number of hydrogen-bond donors (Lipinski definition) is 1. The van der Waals surface area contributed by atoms with Gasteiger partial charge in [0, 0.05) is 25.7 Å². The normalized spacial score (nSPS) is 11.5. The first kappa shape index (κ1) is 15.8. The third-order valence-corrected chi connectivity index (χ3v) is 3.10. The smallest absolute Gasteiger partial charge is 0.244 e. The average Bonchev–Trinajstić information content (AvgIpc) is 2.91. The number of benzene rings is 1. The van der Waals surface area contributed by atoms with Gasteiger partial charge in [0.25, 0.3) is 0 Å². The van der Waals surface area contributed by atoms with Gasteiger partial charge in [-0.25, -0.2) is 0 Å². The molecule has 0 bridgehead atoms. The van der Waals surface area contributed by atoms with Crippen molar-refractivity contribution in [2.75, 3.05) is 6.61 Å². The number of aliphatic imine (C=N–C) groups is 1. The zero-order valence-electron chi connectivity index (χ0n) is 13.0. The zero-order valence-corrected chi connectivity index (χ0v) is 13.0. The number of carbonyl (C=O) groups is 1. The van der Waals surface area contributed by atoms with E-state index < -0.39 is 0 Å². The summed E-state index contributed by atoms with van der Waals surface area (Å²) in [5.41, 5.74) is 8.84. The van der Waals surface area contributed by atoms with Crippen LogP contribution in [0.25, 0.3) is 11.1 Å². The molecule has 0 atom stereocenters. The van der Waals surface area contributed by atoms with Gasteiger partial charge in [0.05, 0.1) is 6.20 Å². The van der Waals surface area contributed by atoms with Crippen molar-refractivity contribution in [1.29, 1.82) is 0 Å². The molecule has 6 nitrogen and oxygen atoms in total. The Morgan fingerprint density at radius 3 is 2.73 bits per heavy atom. The van der Waals surface area contributed by atoms with Crippen molar-refractivity contribution in [3.05, 3.63) is 36.2 Å². The fourth-order valence-corrected chi connectivity index (χ4v) is 2.08. The third kappa shape index (κ3) is 4.18. The number of rotatable bonds is 5. The molecule has 0 radical (unpaired) electrons. The van der Waals surface area contributed by atoms with Crippen molar-refractivity contribution in [2.24, 2.45) is 17.8 Å². The van der Waals surface area contributed by atoms with Crippen LogP contribution in [0.3, 0.4) is 0 Å². The number of nitrogens with zero attached hydrogens (tertiary/aromatic N) is 3. The first-order chi connectivity index (χ1) is 10.5. The summed E-state index contributed by atoms with van der Waals surface area (Å²) >= 11 is 0. The number of amidine groups is 1. The minimum atomic E-state index is -0.334. The molecule has 0 aliphatic carbocycles. The average molecular weight is 300 g/mol. The Morgan fingerprint density at radius 1 is 1.36 bits per heavy atom. The van der Waals surface area contributed by atoms with Gasteiger partial charge in [-0.15, -0.1) is 0 Å². The van der Waals surface area contributed by atoms with Crippen molar-refractivity contribution in [3.8, 4) is 16.9 Å². The van der Waals surface area contributed by atoms with Crippen LogP contribution in [0.2, 0.25) is 0 Å². The second-order valence-electron chi connectivity index (χ2n) is 5.03. The predicted octanol–water partition coefficient (Wildman–Crippen LogP) is 1.93. The first-order valence-corrected chi connectivity index (χ1v) is 7.07. The minimum Gasteiger partial charge on any atom is -0.486 e. The van der Waals surface area contributed by atoms with E-state index >= 15 is 0 Å². The Labute approximate surface area is 129 Å². The molecule has 116 valence electrons. The van der Waals surface area contributed by atoms with Crippen LogP contribution in [0.15, 0.2) is 35.6 Å². The highest BCUT2D eigenvalue weighted by molar-refractivity contribution is 5.93. The van der Waals surface area contributed by atoms with Gasteiger partial charge in [0.1, 0.15) is 18.2 Å². The molecule has 2 rings (SSSR count). The summed E-state index contributed by atoms with van der Waals surface area (Å²) in [6.07, 6.45) is 4.65. The van der Waals surface area contributed by atoms with Crippen LogP contribution in [-0.4, -0.2) is 28.1 Å². The van der Waals surface area contributed by atoms with Crippen LogP contribution in [0.5, 0.6) is 5.75 Å². The number of ether oxygens (including phenoxy) is 1. The number of aromatic nitrogens is 2. The van der Waals surface area contributed by atoms with E-state index in [0.29, 0.717) is 5.75 Å². The summed E-state index contributed by atoms with van der Waals surface area (Å²) in [5.74, 6) is 0.525. The zero-order chi connectivity index (χ0) is 16.1. The highest BCUT2D eigenvalue weighted by Crippen LogP contribution is 2.26. The van der Waals surface area contributed by atoms with Crippen molar-refractivity contribution in [3.63, 3.8) is 0 Å². The van der Waals surface area contributed by atoms with Crippen LogP contribution in [0.1, 0.15) is 19.4 Å². The molecule has 2 N–H and O–H groups in total. The van der Waals surface area contributed by atoms with E-state index in [1.165, 1.54) is 6.92 Å². The van der Waals surface area contributed by atoms with Crippen LogP contribution in [-0.2, 0) is 18.3 Å². The molecule has 22 heavy (non-hydrogen) atoms. The minimum absolute atomic E-state index is 0.0826. The third-order valence-electron chi connectivity index (χ3n) is 3.10. The van der Waals surface area contributed by atoms with E-state index in [0.717, 1.165) is 23.1 Å². The number of amides is 1. The summed E-state index contributed by atoms with van der Waals surface area (Å²) in [4.78, 5) is 14.5. The van der Waals surface area contributed by atoms with Crippen molar-refractivity contribution >= 4 is 11.7 Å². The van der Waals surface area contributed by atoms with Crippen LogP contribution < -0.4 is 10.5 Å². The Balaban J connectivity index is 2.23. The Hall–Kier alpha value is -2.63. The van der Waals surface area contributed by atoms with E-state index in [-0.39, 0.29) is 18.3 Å². The SMILES string of the molecule is CCc1cc(OCC(N)=NC(C)=O)cc(-c2cnn(C)c2)c1. The fraction of sp³-hybridized carbons (Fsp3) is 0.312. The van der Waals surface area contributed by atoms with Gasteiger partial charge in [0.15, 0.2) is 0 Å². The van der Waals surface area contributed by atoms with Gasteiger partial charge in [-0.1, -0.05) is 13.0 Å².